The predicted octanol–water partition coefficient (Wildman–Crippen LogP) is 4.98. The molecule has 0 saturated carbocycles. The van der Waals surface area contributed by atoms with Gasteiger partial charge in [-0.1, -0.05) is 0 Å². The van der Waals surface area contributed by atoms with Crippen molar-refractivity contribution in [2.75, 3.05) is 7.11 Å². The third kappa shape index (κ3) is 3.55. The van der Waals surface area contributed by atoms with Gasteiger partial charge in [0.05, 0.1) is 14.3 Å². The minimum Gasteiger partial charge on any atom is -0.504 e. The van der Waals surface area contributed by atoms with Gasteiger partial charge in [0, 0.05) is 0 Å². The molecule has 0 amide bonds. The van der Waals surface area contributed by atoms with Crippen molar-refractivity contribution in [3.8, 4) is 17.2 Å². The highest BCUT2D eigenvalue weighted by molar-refractivity contribution is 14.1. The van der Waals surface area contributed by atoms with Crippen LogP contribution in [0.15, 0.2) is 24.3 Å². The summed E-state index contributed by atoms with van der Waals surface area (Å²) in [5, 5.41) is 19.6. The van der Waals surface area contributed by atoms with Crippen LogP contribution in [0.2, 0.25) is 0 Å². The fraction of sp³-hybridized carbons (Fsp3) is 0.333. The van der Waals surface area contributed by atoms with Gasteiger partial charge < -0.3 is 14.9 Å². The van der Waals surface area contributed by atoms with Gasteiger partial charge in [-0.2, -0.15) is 0 Å². The molecule has 3 nitrogen and oxygen atoms in total. The van der Waals surface area contributed by atoms with E-state index in [0.29, 0.717) is 5.92 Å². The van der Waals surface area contributed by atoms with Crippen molar-refractivity contribution < 1.29 is 14.9 Å². The van der Waals surface area contributed by atoms with Gasteiger partial charge in [0.25, 0.3) is 0 Å². The largest absolute Gasteiger partial charge is 0.504 e. The van der Waals surface area contributed by atoms with E-state index in [4.69, 9.17) is 4.74 Å². The molecule has 5 heteroatoms. The Hall–Kier alpha value is -0.700. The highest BCUT2D eigenvalue weighted by Gasteiger charge is 2.23. The molecule has 3 rings (SSSR count). The predicted molar refractivity (Wildman–Crippen MR) is 108 cm³/mol. The molecule has 2 N–H and O–H groups in total. The molecule has 0 heterocycles. The van der Waals surface area contributed by atoms with Gasteiger partial charge in [0.1, 0.15) is 5.75 Å². The maximum absolute atomic E-state index is 9.85. The van der Waals surface area contributed by atoms with E-state index in [2.05, 4.69) is 57.3 Å². The van der Waals surface area contributed by atoms with E-state index in [1.165, 1.54) is 11.1 Å². The smallest absolute Gasteiger partial charge is 0.157 e. The third-order valence-corrected chi connectivity index (χ3v) is 6.02. The van der Waals surface area contributed by atoms with E-state index in [-0.39, 0.29) is 11.5 Å². The molecule has 0 radical (unpaired) electrons. The van der Waals surface area contributed by atoms with Crippen LogP contribution in [0.3, 0.4) is 0 Å². The molecular weight excluding hydrogens is 518 g/mol. The number of methoxy groups -OCH3 is 1. The number of fused-ring (bicyclic) bond motifs is 1. The average Bonchev–Trinajstić information content (AvgIpc) is 2.49. The number of rotatable bonds is 3. The fourth-order valence-electron chi connectivity index (χ4n) is 3.35. The number of aromatic hydroxyl groups is 2. The first-order chi connectivity index (χ1) is 11.0. The maximum Gasteiger partial charge on any atom is 0.157 e. The Morgan fingerprint density at radius 1 is 1.09 bits per heavy atom. The summed E-state index contributed by atoms with van der Waals surface area (Å²) in [5.41, 5.74) is 3.62. The van der Waals surface area contributed by atoms with Gasteiger partial charge in [-0.3, -0.25) is 0 Å². The second kappa shape index (κ2) is 7.04. The Balaban J connectivity index is 1.92. The molecule has 0 aliphatic heterocycles. The van der Waals surface area contributed by atoms with E-state index < -0.39 is 0 Å². The van der Waals surface area contributed by atoms with Crippen molar-refractivity contribution in [2.45, 2.75) is 31.6 Å². The molecule has 1 unspecified atom stereocenters. The number of hydrogen-bond acceptors (Lipinski definition) is 3. The Labute approximate surface area is 163 Å². The zero-order chi connectivity index (χ0) is 16.6. The van der Waals surface area contributed by atoms with Crippen LogP contribution in [0.4, 0.5) is 0 Å². The van der Waals surface area contributed by atoms with Crippen molar-refractivity contribution in [3.05, 3.63) is 48.1 Å². The number of phenols is 2. The lowest BCUT2D eigenvalue weighted by Gasteiger charge is -2.26. The van der Waals surface area contributed by atoms with Crippen LogP contribution < -0.4 is 4.74 Å². The summed E-state index contributed by atoms with van der Waals surface area (Å²) in [4.78, 5) is 0. The van der Waals surface area contributed by atoms with Crippen LogP contribution in [-0.2, 0) is 12.8 Å². The Kier molecular flexibility index (Phi) is 5.25. The summed E-state index contributed by atoms with van der Waals surface area (Å²) in [6.07, 6.45) is 4.13. The average molecular weight is 536 g/mol. The molecule has 122 valence electrons. The second-order valence-electron chi connectivity index (χ2n) is 5.93. The monoisotopic (exact) mass is 536 g/mol. The van der Waals surface area contributed by atoms with Crippen LogP contribution in [-0.4, -0.2) is 17.3 Å². The summed E-state index contributed by atoms with van der Waals surface area (Å²) in [5.74, 6) is 1.28. The van der Waals surface area contributed by atoms with Gasteiger partial charge >= 0.3 is 0 Å². The molecule has 1 atom stereocenters. The molecule has 23 heavy (non-hydrogen) atoms. The number of hydrogen-bond donors (Lipinski definition) is 2. The Bertz CT molecular complexity index is 720. The quantitative estimate of drug-likeness (QED) is 0.430. The van der Waals surface area contributed by atoms with Crippen molar-refractivity contribution in [3.63, 3.8) is 0 Å². The normalized spacial score (nSPS) is 16.9. The third-order valence-electron chi connectivity index (χ3n) is 4.42. The van der Waals surface area contributed by atoms with Crippen molar-refractivity contribution in [1.29, 1.82) is 0 Å². The van der Waals surface area contributed by atoms with Gasteiger partial charge in [-0.05, 0) is 118 Å². The van der Waals surface area contributed by atoms with E-state index in [1.54, 1.807) is 19.2 Å². The molecule has 1 aliphatic carbocycles. The SMILES string of the molecule is COc1c(I)cc(CC2CCCc3cc(O)c(O)cc32)cc1I. The summed E-state index contributed by atoms with van der Waals surface area (Å²) in [6.45, 7) is 0. The number of aryl methyl sites for hydroxylation is 1. The number of halogens is 2. The topological polar surface area (TPSA) is 49.7 Å². The minimum absolute atomic E-state index is 0.0158. The van der Waals surface area contributed by atoms with Gasteiger partial charge in [-0.25, -0.2) is 0 Å². The Morgan fingerprint density at radius 2 is 1.74 bits per heavy atom. The summed E-state index contributed by atoms with van der Waals surface area (Å²) in [7, 11) is 1.70. The number of benzene rings is 2. The van der Waals surface area contributed by atoms with Crippen LogP contribution in [0.1, 0.15) is 35.4 Å². The van der Waals surface area contributed by atoms with Crippen molar-refractivity contribution in [1.82, 2.24) is 0 Å². The minimum atomic E-state index is -0.0189. The van der Waals surface area contributed by atoms with Crippen LogP contribution in [0, 0.1) is 7.14 Å². The lowest BCUT2D eigenvalue weighted by molar-refractivity contribution is 0.399. The van der Waals surface area contributed by atoms with Gasteiger partial charge in [0.2, 0.25) is 0 Å². The Morgan fingerprint density at radius 3 is 2.39 bits per heavy atom. The summed E-state index contributed by atoms with van der Waals surface area (Å²) >= 11 is 4.63. The number of phenolic OH excluding ortho intramolecular Hbond substituents is 2. The molecule has 0 aromatic heterocycles. The molecule has 0 saturated heterocycles. The van der Waals surface area contributed by atoms with Crippen molar-refractivity contribution >= 4 is 45.2 Å². The highest BCUT2D eigenvalue weighted by Crippen LogP contribution is 2.40. The van der Waals surface area contributed by atoms with Crippen LogP contribution in [0.5, 0.6) is 17.2 Å². The lowest BCUT2D eigenvalue weighted by Crippen LogP contribution is -2.12. The van der Waals surface area contributed by atoms with E-state index in [1.807, 2.05) is 0 Å². The molecule has 0 fully saturated rings. The molecule has 0 bridgehead atoms. The molecular formula is C18H18I2O3. The standard InChI is InChI=1S/C18H18I2O3/c1-23-18-14(19)6-10(7-15(18)20)5-11-3-2-4-12-8-16(21)17(22)9-13(11)12/h6-9,11,21-22H,2-5H2,1H3. The van der Waals surface area contributed by atoms with Crippen LogP contribution in [0.25, 0.3) is 0 Å². The second-order valence-corrected chi connectivity index (χ2v) is 8.25. The van der Waals surface area contributed by atoms with E-state index >= 15 is 0 Å². The first-order valence-electron chi connectivity index (χ1n) is 7.56. The van der Waals surface area contributed by atoms with Gasteiger partial charge in [0.15, 0.2) is 11.5 Å². The fourth-order valence-corrected chi connectivity index (χ4v) is 5.69. The number of ether oxygens (including phenoxy) is 1. The van der Waals surface area contributed by atoms with E-state index in [9.17, 15) is 10.2 Å². The zero-order valence-corrected chi connectivity index (χ0v) is 17.1. The summed E-state index contributed by atoms with van der Waals surface area (Å²) < 4.78 is 7.67. The van der Waals surface area contributed by atoms with Crippen molar-refractivity contribution in [2.24, 2.45) is 0 Å². The van der Waals surface area contributed by atoms with Crippen LogP contribution >= 0.6 is 45.2 Å². The zero-order valence-electron chi connectivity index (χ0n) is 12.8. The summed E-state index contributed by atoms with van der Waals surface area (Å²) in [6, 6.07) is 7.82. The molecule has 2 aromatic rings. The molecule has 1 aliphatic rings. The highest BCUT2D eigenvalue weighted by atomic mass is 127. The first-order valence-corrected chi connectivity index (χ1v) is 9.72. The van der Waals surface area contributed by atoms with E-state index in [0.717, 1.165) is 44.1 Å². The first kappa shape index (κ1) is 17.1. The molecule has 2 aromatic carbocycles. The van der Waals surface area contributed by atoms with Gasteiger partial charge in [-0.15, -0.1) is 0 Å². The maximum atomic E-state index is 9.85. The lowest BCUT2D eigenvalue weighted by atomic mass is 9.79. The molecule has 0 spiro atoms.